The van der Waals surface area contributed by atoms with Crippen LogP contribution in [0.5, 0.6) is 0 Å². The Hall–Kier alpha value is 0.491. The molecule has 20 heavy (non-hydrogen) atoms. The van der Waals surface area contributed by atoms with Crippen LogP contribution in [-0.4, -0.2) is 38.3 Å². The quantitative estimate of drug-likeness (QED) is 0.449. The van der Waals surface area contributed by atoms with Gasteiger partial charge in [-0.1, -0.05) is 6.42 Å². The van der Waals surface area contributed by atoms with E-state index in [0.717, 1.165) is 32.0 Å². The summed E-state index contributed by atoms with van der Waals surface area (Å²) in [4.78, 5) is 0. The standard InChI is InChI=1S/C13H36N2O2Si3/c1-18(2,12-8-7-10-14)16-20(5,6)17-19(3,4)13-9-11-15/h7-15H2,1-6H3. The molecule has 0 amide bonds. The van der Waals surface area contributed by atoms with E-state index in [-0.39, 0.29) is 0 Å². The van der Waals surface area contributed by atoms with Crippen molar-refractivity contribution < 1.29 is 8.23 Å². The third-order valence-electron chi connectivity index (χ3n) is 3.26. The third-order valence-corrected chi connectivity index (χ3v) is 14.7. The van der Waals surface area contributed by atoms with Crippen LogP contribution in [0.15, 0.2) is 0 Å². The van der Waals surface area contributed by atoms with Gasteiger partial charge in [0.25, 0.3) is 0 Å². The van der Waals surface area contributed by atoms with Gasteiger partial charge in [-0.25, -0.2) is 0 Å². The van der Waals surface area contributed by atoms with E-state index in [0.29, 0.717) is 0 Å². The van der Waals surface area contributed by atoms with Crippen molar-refractivity contribution in [2.75, 3.05) is 13.1 Å². The van der Waals surface area contributed by atoms with Crippen molar-refractivity contribution in [3.05, 3.63) is 0 Å². The van der Waals surface area contributed by atoms with Gasteiger partial charge in [0.05, 0.1) is 0 Å². The highest BCUT2D eigenvalue weighted by molar-refractivity contribution is 6.87. The van der Waals surface area contributed by atoms with Crippen LogP contribution in [0, 0.1) is 0 Å². The minimum atomic E-state index is -2.03. The summed E-state index contributed by atoms with van der Waals surface area (Å²) in [5, 5.41) is 0. The Bertz CT molecular complexity index is 274. The first kappa shape index (κ1) is 20.5. The summed E-state index contributed by atoms with van der Waals surface area (Å²) in [7, 11) is -5.30. The van der Waals surface area contributed by atoms with Gasteiger partial charge in [-0.05, 0) is 77.3 Å². The normalized spacial score (nSPS) is 13.8. The number of hydrogen-bond donors (Lipinski definition) is 2. The van der Waals surface area contributed by atoms with Gasteiger partial charge < -0.3 is 19.7 Å². The van der Waals surface area contributed by atoms with E-state index < -0.39 is 25.2 Å². The Balaban J connectivity index is 4.40. The fourth-order valence-corrected chi connectivity index (χ4v) is 16.8. The zero-order valence-corrected chi connectivity index (χ0v) is 17.4. The Labute approximate surface area is 129 Å². The largest absolute Gasteiger partial charge is 0.437 e. The van der Waals surface area contributed by atoms with E-state index in [1.54, 1.807) is 0 Å². The maximum atomic E-state index is 6.51. The minimum Gasteiger partial charge on any atom is -0.437 e. The van der Waals surface area contributed by atoms with Crippen LogP contribution in [0.1, 0.15) is 19.3 Å². The highest BCUT2D eigenvalue weighted by Crippen LogP contribution is 2.26. The maximum Gasteiger partial charge on any atom is 0.311 e. The first-order chi connectivity index (χ1) is 9.04. The molecule has 7 heteroatoms. The van der Waals surface area contributed by atoms with Crippen LogP contribution in [0.25, 0.3) is 0 Å². The minimum absolute atomic E-state index is 0.752. The van der Waals surface area contributed by atoms with Crippen molar-refractivity contribution in [1.82, 2.24) is 0 Å². The molecule has 0 fully saturated rings. The molecule has 0 heterocycles. The Morgan fingerprint density at radius 2 is 1.05 bits per heavy atom. The van der Waals surface area contributed by atoms with E-state index in [4.69, 9.17) is 19.7 Å². The first-order valence-corrected chi connectivity index (χ1v) is 16.9. The van der Waals surface area contributed by atoms with Crippen molar-refractivity contribution in [1.29, 1.82) is 0 Å². The summed E-state index contributed by atoms with van der Waals surface area (Å²) >= 11 is 0. The molecule has 0 atom stereocenters. The van der Waals surface area contributed by atoms with E-state index >= 15 is 0 Å². The molecule has 0 spiro atoms. The lowest BCUT2D eigenvalue weighted by Crippen LogP contribution is -2.52. The van der Waals surface area contributed by atoms with Crippen LogP contribution < -0.4 is 11.5 Å². The van der Waals surface area contributed by atoms with Gasteiger partial charge in [0, 0.05) is 0 Å². The second kappa shape index (κ2) is 8.82. The monoisotopic (exact) mass is 336 g/mol. The lowest BCUT2D eigenvalue weighted by Gasteiger charge is -2.38. The third kappa shape index (κ3) is 10.3. The Kier molecular flexibility index (Phi) is 9.03. The van der Waals surface area contributed by atoms with E-state index in [1.807, 2.05) is 0 Å². The average Bonchev–Trinajstić information content (AvgIpc) is 2.23. The summed E-state index contributed by atoms with van der Waals surface area (Å²) in [6.45, 7) is 15.1. The van der Waals surface area contributed by atoms with Gasteiger partial charge in [0.15, 0.2) is 16.6 Å². The number of unbranched alkanes of at least 4 members (excludes halogenated alkanes) is 1. The van der Waals surface area contributed by atoms with E-state index in [9.17, 15) is 0 Å². The van der Waals surface area contributed by atoms with Gasteiger partial charge in [-0.3, -0.25) is 0 Å². The van der Waals surface area contributed by atoms with Crippen LogP contribution in [-0.2, 0) is 8.23 Å². The Morgan fingerprint density at radius 1 is 0.650 bits per heavy atom. The molecule has 4 nitrogen and oxygen atoms in total. The number of nitrogens with two attached hydrogens (primary N) is 2. The molecular formula is C13H36N2O2Si3. The molecule has 0 rings (SSSR count). The summed E-state index contributed by atoms with van der Waals surface area (Å²) in [5.74, 6) is 0. The summed E-state index contributed by atoms with van der Waals surface area (Å²) < 4.78 is 13.0. The smallest absolute Gasteiger partial charge is 0.311 e. The summed E-state index contributed by atoms with van der Waals surface area (Å²) in [5.41, 5.74) is 11.2. The molecule has 0 saturated carbocycles. The highest BCUT2D eigenvalue weighted by Gasteiger charge is 2.38. The topological polar surface area (TPSA) is 70.5 Å². The van der Waals surface area contributed by atoms with E-state index in [1.165, 1.54) is 12.5 Å². The average molecular weight is 337 g/mol. The van der Waals surface area contributed by atoms with Gasteiger partial charge in [-0.2, -0.15) is 0 Å². The highest BCUT2D eigenvalue weighted by atomic mass is 28.5. The zero-order chi connectivity index (χ0) is 15.9. The second-order valence-electron chi connectivity index (χ2n) is 7.26. The zero-order valence-electron chi connectivity index (χ0n) is 14.4. The number of rotatable bonds is 11. The Morgan fingerprint density at radius 3 is 1.45 bits per heavy atom. The van der Waals surface area contributed by atoms with E-state index in [2.05, 4.69) is 39.3 Å². The van der Waals surface area contributed by atoms with Crippen molar-refractivity contribution in [3.8, 4) is 0 Å². The first-order valence-electron chi connectivity index (χ1n) is 7.84. The molecule has 0 aliphatic heterocycles. The van der Waals surface area contributed by atoms with Gasteiger partial charge >= 0.3 is 8.56 Å². The van der Waals surface area contributed by atoms with Gasteiger partial charge in [-0.15, -0.1) is 0 Å². The predicted molar refractivity (Wildman–Crippen MR) is 96.2 cm³/mol. The summed E-state index contributed by atoms with van der Waals surface area (Å²) in [6.07, 6.45) is 3.33. The van der Waals surface area contributed by atoms with Crippen LogP contribution in [0.3, 0.4) is 0 Å². The second-order valence-corrected chi connectivity index (χ2v) is 19.7. The predicted octanol–water partition coefficient (Wildman–Crippen LogP) is 3.22. The molecule has 0 aliphatic carbocycles. The molecular weight excluding hydrogens is 300 g/mol. The number of hydrogen-bond acceptors (Lipinski definition) is 4. The lowest BCUT2D eigenvalue weighted by molar-refractivity contribution is 0.386. The molecule has 0 unspecified atom stereocenters. The molecule has 0 saturated heterocycles. The molecule has 0 radical (unpaired) electrons. The van der Waals surface area contributed by atoms with Crippen LogP contribution in [0.4, 0.5) is 0 Å². The maximum absolute atomic E-state index is 6.51. The molecule has 0 aromatic rings. The molecule has 0 bridgehead atoms. The molecule has 4 N–H and O–H groups in total. The molecule has 122 valence electrons. The molecule has 0 aromatic carbocycles. The fourth-order valence-electron chi connectivity index (χ4n) is 2.68. The van der Waals surface area contributed by atoms with Crippen molar-refractivity contribution >= 4 is 25.2 Å². The SMILES string of the molecule is C[Si](C)(CCCN)O[Si](C)(C)O[Si](C)(C)CCCCN. The van der Waals surface area contributed by atoms with Crippen LogP contribution in [0.2, 0.25) is 51.4 Å². The lowest BCUT2D eigenvalue weighted by atomic mass is 10.3. The fraction of sp³-hybridized carbons (Fsp3) is 1.00. The van der Waals surface area contributed by atoms with Crippen molar-refractivity contribution in [2.24, 2.45) is 11.5 Å². The van der Waals surface area contributed by atoms with Crippen LogP contribution >= 0.6 is 0 Å². The van der Waals surface area contributed by atoms with Gasteiger partial charge in [0.1, 0.15) is 0 Å². The van der Waals surface area contributed by atoms with Gasteiger partial charge in [0.2, 0.25) is 0 Å². The molecule has 0 aromatic heterocycles. The van der Waals surface area contributed by atoms with Crippen molar-refractivity contribution in [3.63, 3.8) is 0 Å². The summed E-state index contributed by atoms with van der Waals surface area (Å²) in [6, 6.07) is 2.30. The molecule has 0 aliphatic rings. The van der Waals surface area contributed by atoms with Crippen molar-refractivity contribution in [2.45, 2.75) is 70.6 Å².